The van der Waals surface area contributed by atoms with Gasteiger partial charge in [0.15, 0.2) is 0 Å². The number of hydrogen-bond acceptors (Lipinski definition) is 3. The van der Waals surface area contributed by atoms with Gasteiger partial charge in [0, 0.05) is 37.2 Å². The molecule has 3 rings (SSSR count). The van der Waals surface area contributed by atoms with Crippen LogP contribution in [0, 0.1) is 5.82 Å². The van der Waals surface area contributed by atoms with Crippen LogP contribution in [0.1, 0.15) is 24.4 Å². The number of fused-ring (bicyclic) bond motifs is 1. The van der Waals surface area contributed by atoms with E-state index in [-0.39, 0.29) is 11.9 Å². The summed E-state index contributed by atoms with van der Waals surface area (Å²) in [7, 11) is 0. The molecule has 0 saturated heterocycles. The van der Waals surface area contributed by atoms with Crippen molar-refractivity contribution in [2.24, 2.45) is 5.73 Å². The fraction of sp³-hybridized carbons (Fsp3) is 0.357. The van der Waals surface area contributed by atoms with E-state index in [0.717, 1.165) is 36.7 Å². The third kappa shape index (κ3) is 2.21. The zero-order chi connectivity index (χ0) is 13.4. The number of imidazole rings is 1. The van der Waals surface area contributed by atoms with Crippen molar-refractivity contribution in [2.45, 2.75) is 26.1 Å². The van der Waals surface area contributed by atoms with Gasteiger partial charge in [0.25, 0.3) is 0 Å². The molecular formula is C14H17FN4. The van der Waals surface area contributed by atoms with Crippen molar-refractivity contribution in [3.8, 4) is 0 Å². The van der Waals surface area contributed by atoms with Crippen LogP contribution in [0.3, 0.4) is 0 Å². The normalized spacial score (nSPS) is 16.3. The highest BCUT2D eigenvalue weighted by Gasteiger charge is 2.20. The molecule has 4 nitrogen and oxygen atoms in total. The molecule has 1 atom stereocenters. The van der Waals surface area contributed by atoms with Gasteiger partial charge in [-0.25, -0.2) is 9.37 Å². The molecule has 0 fully saturated rings. The summed E-state index contributed by atoms with van der Waals surface area (Å²) in [5, 5.41) is 0. The number of anilines is 1. The predicted octanol–water partition coefficient (Wildman–Crippen LogP) is 2.06. The van der Waals surface area contributed by atoms with Crippen molar-refractivity contribution in [1.82, 2.24) is 9.55 Å². The minimum Gasteiger partial charge on any atom is -0.362 e. The lowest BCUT2D eigenvalue weighted by atomic mass is 10.0. The smallest absolute Gasteiger partial charge is 0.128 e. The third-order valence-electron chi connectivity index (χ3n) is 3.57. The molecule has 0 bridgehead atoms. The summed E-state index contributed by atoms with van der Waals surface area (Å²) in [4.78, 5) is 6.55. The molecule has 100 valence electrons. The first-order chi connectivity index (χ1) is 9.15. The second-order valence-electron chi connectivity index (χ2n) is 4.95. The third-order valence-corrected chi connectivity index (χ3v) is 3.57. The number of nitrogens with two attached hydrogens (primary N) is 1. The Kier molecular flexibility index (Phi) is 2.98. The molecule has 0 amide bonds. The maximum Gasteiger partial charge on any atom is 0.128 e. The maximum absolute atomic E-state index is 13.4. The molecule has 1 aliphatic rings. The molecule has 2 N–H and O–H groups in total. The summed E-state index contributed by atoms with van der Waals surface area (Å²) in [5.41, 5.74) is 7.80. The van der Waals surface area contributed by atoms with Gasteiger partial charge in [-0.3, -0.25) is 0 Å². The topological polar surface area (TPSA) is 47.1 Å². The monoisotopic (exact) mass is 260 g/mol. The average molecular weight is 260 g/mol. The summed E-state index contributed by atoms with van der Waals surface area (Å²) >= 11 is 0. The lowest BCUT2D eigenvalue weighted by Gasteiger charge is -2.32. The molecule has 1 aromatic carbocycles. The molecule has 2 aromatic rings. The van der Waals surface area contributed by atoms with E-state index in [2.05, 4.69) is 14.5 Å². The molecule has 0 radical (unpaired) electrons. The summed E-state index contributed by atoms with van der Waals surface area (Å²) in [5.74, 6) is 0.792. The highest BCUT2D eigenvalue weighted by Crippen LogP contribution is 2.28. The van der Waals surface area contributed by atoms with Gasteiger partial charge in [-0.15, -0.1) is 0 Å². The second kappa shape index (κ2) is 4.66. The van der Waals surface area contributed by atoms with Crippen LogP contribution in [0.2, 0.25) is 0 Å². The van der Waals surface area contributed by atoms with Gasteiger partial charge < -0.3 is 15.2 Å². The molecular weight excluding hydrogens is 243 g/mol. The van der Waals surface area contributed by atoms with Crippen molar-refractivity contribution in [3.63, 3.8) is 0 Å². The Morgan fingerprint density at radius 1 is 1.37 bits per heavy atom. The summed E-state index contributed by atoms with van der Waals surface area (Å²) in [6.45, 7) is 4.39. The van der Waals surface area contributed by atoms with Gasteiger partial charge in [-0.05, 0) is 30.7 Å². The van der Waals surface area contributed by atoms with Crippen molar-refractivity contribution in [1.29, 1.82) is 0 Å². The Balaban J connectivity index is 1.95. The molecule has 0 saturated carbocycles. The molecule has 19 heavy (non-hydrogen) atoms. The van der Waals surface area contributed by atoms with Gasteiger partial charge in [0.2, 0.25) is 0 Å². The largest absolute Gasteiger partial charge is 0.362 e. The standard InChI is InChI=1S/C14H17FN4/c1-10(16)12-8-11(15)2-3-13(12)19-7-6-18-5-4-17-14(18)9-19/h2-5,8,10H,6-7,9,16H2,1H3/t10-/m1/s1. The Bertz CT molecular complexity index is 591. The van der Waals surface area contributed by atoms with Gasteiger partial charge >= 0.3 is 0 Å². The van der Waals surface area contributed by atoms with Crippen LogP contribution in [0.5, 0.6) is 0 Å². The zero-order valence-electron chi connectivity index (χ0n) is 10.9. The molecule has 5 heteroatoms. The minimum atomic E-state index is -0.241. The Morgan fingerprint density at radius 3 is 3.00 bits per heavy atom. The SMILES string of the molecule is C[C@@H](N)c1cc(F)ccc1N1CCn2ccnc2C1. The molecule has 2 heterocycles. The van der Waals surface area contributed by atoms with E-state index in [4.69, 9.17) is 5.73 Å². The fourth-order valence-corrected chi connectivity index (χ4v) is 2.56. The lowest BCUT2D eigenvalue weighted by Crippen LogP contribution is -2.34. The second-order valence-corrected chi connectivity index (χ2v) is 4.95. The Labute approximate surface area is 111 Å². The first-order valence-corrected chi connectivity index (χ1v) is 6.45. The quantitative estimate of drug-likeness (QED) is 0.899. The van der Waals surface area contributed by atoms with Crippen LogP contribution >= 0.6 is 0 Å². The van der Waals surface area contributed by atoms with E-state index in [9.17, 15) is 4.39 Å². The fourth-order valence-electron chi connectivity index (χ4n) is 2.56. The predicted molar refractivity (Wildman–Crippen MR) is 72.3 cm³/mol. The first-order valence-electron chi connectivity index (χ1n) is 6.45. The van der Waals surface area contributed by atoms with Crippen molar-refractivity contribution >= 4 is 5.69 Å². The van der Waals surface area contributed by atoms with E-state index in [0.29, 0.717) is 0 Å². The summed E-state index contributed by atoms with van der Waals surface area (Å²) in [6.07, 6.45) is 3.81. The van der Waals surface area contributed by atoms with Crippen LogP contribution in [0.4, 0.5) is 10.1 Å². The van der Waals surface area contributed by atoms with Crippen LogP contribution in [0.25, 0.3) is 0 Å². The van der Waals surface area contributed by atoms with E-state index in [1.165, 1.54) is 12.1 Å². The van der Waals surface area contributed by atoms with Crippen LogP contribution in [-0.2, 0) is 13.1 Å². The average Bonchev–Trinajstić information content (AvgIpc) is 2.85. The molecule has 0 aliphatic carbocycles. The lowest BCUT2D eigenvalue weighted by molar-refractivity contribution is 0.556. The van der Waals surface area contributed by atoms with E-state index in [1.807, 2.05) is 25.4 Å². The van der Waals surface area contributed by atoms with Crippen LogP contribution < -0.4 is 10.6 Å². The number of rotatable bonds is 2. The number of nitrogens with zero attached hydrogens (tertiary/aromatic N) is 3. The zero-order valence-corrected chi connectivity index (χ0v) is 10.9. The van der Waals surface area contributed by atoms with Gasteiger partial charge in [0.1, 0.15) is 11.6 Å². The Morgan fingerprint density at radius 2 is 2.21 bits per heavy atom. The van der Waals surface area contributed by atoms with Crippen molar-refractivity contribution in [2.75, 3.05) is 11.4 Å². The molecule has 1 aliphatic heterocycles. The van der Waals surface area contributed by atoms with Gasteiger partial charge in [-0.1, -0.05) is 0 Å². The number of benzene rings is 1. The van der Waals surface area contributed by atoms with Crippen molar-refractivity contribution in [3.05, 3.63) is 47.8 Å². The number of hydrogen-bond donors (Lipinski definition) is 1. The number of aromatic nitrogens is 2. The summed E-state index contributed by atoms with van der Waals surface area (Å²) < 4.78 is 15.5. The van der Waals surface area contributed by atoms with Crippen molar-refractivity contribution < 1.29 is 4.39 Å². The summed E-state index contributed by atoms with van der Waals surface area (Å²) in [6, 6.07) is 4.64. The van der Waals surface area contributed by atoms with Gasteiger partial charge in [-0.2, -0.15) is 0 Å². The first kappa shape index (κ1) is 12.2. The van der Waals surface area contributed by atoms with E-state index >= 15 is 0 Å². The van der Waals surface area contributed by atoms with E-state index in [1.54, 1.807) is 0 Å². The molecule has 0 unspecified atom stereocenters. The van der Waals surface area contributed by atoms with Crippen LogP contribution in [0.15, 0.2) is 30.6 Å². The highest BCUT2D eigenvalue weighted by atomic mass is 19.1. The molecule has 1 aromatic heterocycles. The highest BCUT2D eigenvalue weighted by molar-refractivity contribution is 5.55. The molecule has 0 spiro atoms. The Hall–Kier alpha value is -1.88. The van der Waals surface area contributed by atoms with E-state index < -0.39 is 0 Å². The van der Waals surface area contributed by atoms with Crippen LogP contribution in [-0.4, -0.2) is 16.1 Å². The van der Waals surface area contributed by atoms with Gasteiger partial charge in [0.05, 0.1) is 6.54 Å². The maximum atomic E-state index is 13.4. The minimum absolute atomic E-state index is 0.188. The number of halogens is 1.